The predicted molar refractivity (Wildman–Crippen MR) is 74.4 cm³/mol. The Morgan fingerprint density at radius 2 is 2.05 bits per heavy atom. The van der Waals surface area contributed by atoms with Crippen LogP contribution in [0.2, 0.25) is 5.28 Å². The van der Waals surface area contributed by atoms with Crippen LogP contribution in [0.25, 0.3) is 0 Å². The number of morpholine rings is 1. The third kappa shape index (κ3) is 2.69. The molecule has 1 aliphatic rings. The molecule has 1 aromatic carbocycles. The van der Waals surface area contributed by atoms with Crippen molar-refractivity contribution in [2.75, 3.05) is 24.7 Å². The molecule has 2 aromatic rings. The van der Waals surface area contributed by atoms with Crippen molar-refractivity contribution in [1.29, 1.82) is 0 Å². The van der Waals surface area contributed by atoms with Gasteiger partial charge in [0.15, 0.2) is 0 Å². The van der Waals surface area contributed by atoms with Gasteiger partial charge in [-0.15, -0.1) is 0 Å². The minimum absolute atomic E-state index is 0.168. The molecule has 0 saturated carbocycles. The monoisotopic (exact) mass is 275 g/mol. The average molecular weight is 276 g/mol. The van der Waals surface area contributed by atoms with Gasteiger partial charge in [-0.2, -0.15) is 0 Å². The van der Waals surface area contributed by atoms with Crippen molar-refractivity contribution in [2.45, 2.75) is 6.04 Å². The van der Waals surface area contributed by atoms with Gasteiger partial charge in [0.2, 0.25) is 5.28 Å². The summed E-state index contributed by atoms with van der Waals surface area (Å²) in [4.78, 5) is 10.4. The van der Waals surface area contributed by atoms with Crippen LogP contribution in [0.1, 0.15) is 11.6 Å². The molecule has 1 aliphatic heterocycles. The van der Waals surface area contributed by atoms with Gasteiger partial charge in [-0.05, 0) is 23.2 Å². The van der Waals surface area contributed by atoms with Crippen molar-refractivity contribution in [3.05, 3.63) is 53.4 Å². The summed E-state index contributed by atoms with van der Waals surface area (Å²) in [6.45, 7) is 2.16. The van der Waals surface area contributed by atoms with E-state index in [1.54, 1.807) is 6.20 Å². The zero-order valence-corrected chi connectivity index (χ0v) is 11.1. The highest BCUT2D eigenvalue weighted by atomic mass is 35.5. The maximum Gasteiger partial charge on any atom is 0.224 e. The number of rotatable bonds is 2. The van der Waals surface area contributed by atoms with E-state index in [9.17, 15) is 0 Å². The second kappa shape index (κ2) is 5.55. The Bertz CT molecular complexity index is 549. The zero-order chi connectivity index (χ0) is 13.1. The van der Waals surface area contributed by atoms with Gasteiger partial charge >= 0.3 is 0 Å². The van der Waals surface area contributed by atoms with Crippen LogP contribution in [-0.2, 0) is 4.74 Å². The predicted octanol–water partition coefficient (Wildman–Crippen LogP) is 2.71. The highest BCUT2D eigenvalue weighted by Crippen LogP contribution is 2.28. The van der Waals surface area contributed by atoms with Gasteiger partial charge in [0.1, 0.15) is 5.82 Å². The highest BCUT2D eigenvalue weighted by Gasteiger charge is 2.25. The van der Waals surface area contributed by atoms with E-state index in [-0.39, 0.29) is 11.3 Å². The van der Waals surface area contributed by atoms with Crippen molar-refractivity contribution < 1.29 is 4.74 Å². The molecule has 3 rings (SSSR count). The van der Waals surface area contributed by atoms with E-state index in [0.29, 0.717) is 13.2 Å². The van der Waals surface area contributed by atoms with Gasteiger partial charge in [-0.25, -0.2) is 9.97 Å². The molecule has 0 amide bonds. The highest BCUT2D eigenvalue weighted by molar-refractivity contribution is 6.28. The molecule has 98 valence electrons. The molecule has 0 N–H and O–H groups in total. The summed E-state index contributed by atoms with van der Waals surface area (Å²) < 4.78 is 5.60. The molecule has 1 saturated heterocycles. The summed E-state index contributed by atoms with van der Waals surface area (Å²) >= 11 is 5.88. The van der Waals surface area contributed by atoms with E-state index in [1.807, 2.05) is 24.3 Å². The first-order valence-electron chi connectivity index (χ1n) is 6.22. The van der Waals surface area contributed by atoms with Crippen molar-refractivity contribution in [3.63, 3.8) is 0 Å². The fourth-order valence-electron chi connectivity index (χ4n) is 2.32. The Balaban J connectivity index is 1.93. The van der Waals surface area contributed by atoms with E-state index < -0.39 is 0 Å². The van der Waals surface area contributed by atoms with Gasteiger partial charge in [-0.3, -0.25) is 0 Å². The molecule has 0 aliphatic carbocycles. The Labute approximate surface area is 117 Å². The zero-order valence-electron chi connectivity index (χ0n) is 10.4. The Morgan fingerprint density at radius 3 is 2.84 bits per heavy atom. The number of nitrogens with zero attached hydrogens (tertiary/aromatic N) is 3. The average Bonchev–Trinajstić information content (AvgIpc) is 2.48. The quantitative estimate of drug-likeness (QED) is 0.790. The van der Waals surface area contributed by atoms with E-state index in [2.05, 4.69) is 27.0 Å². The molecule has 0 bridgehead atoms. The fourth-order valence-corrected chi connectivity index (χ4v) is 2.46. The minimum Gasteiger partial charge on any atom is -0.377 e. The number of anilines is 1. The summed E-state index contributed by atoms with van der Waals surface area (Å²) in [6.07, 6.45) is 1.68. The molecule has 0 spiro atoms. The summed E-state index contributed by atoms with van der Waals surface area (Å²) in [5.74, 6) is 0.845. The lowest BCUT2D eigenvalue weighted by Gasteiger charge is -2.36. The molecule has 19 heavy (non-hydrogen) atoms. The first kappa shape index (κ1) is 12.4. The van der Waals surface area contributed by atoms with Crippen LogP contribution < -0.4 is 4.90 Å². The topological polar surface area (TPSA) is 38.2 Å². The maximum atomic E-state index is 5.88. The van der Waals surface area contributed by atoms with E-state index in [4.69, 9.17) is 16.3 Å². The van der Waals surface area contributed by atoms with Crippen LogP contribution >= 0.6 is 11.6 Å². The van der Waals surface area contributed by atoms with Crippen LogP contribution in [0.4, 0.5) is 5.82 Å². The minimum atomic E-state index is 0.168. The lowest BCUT2D eigenvalue weighted by atomic mass is 10.1. The van der Waals surface area contributed by atoms with Crippen molar-refractivity contribution in [1.82, 2.24) is 9.97 Å². The van der Waals surface area contributed by atoms with Crippen LogP contribution in [0.3, 0.4) is 0 Å². The maximum absolute atomic E-state index is 5.88. The SMILES string of the molecule is Clc1nccc(N2CCOC[C@H]2c2ccccc2)n1. The molecule has 5 heteroatoms. The number of benzene rings is 1. The standard InChI is InChI=1S/C14H14ClN3O/c15-14-16-7-6-13(17-14)18-8-9-19-10-12(18)11-4-2-1-3-5-11/h1-7,12H,8-10H2/t12-/m0/s1. The Hall–Kier alpha value is -1.65. The largest absolute Gasteiger partial charge is 0.377 e. The normalized spacial score (nSPS) is 19.4. The van der Waals surface area contributed by atoms with Gasteiger partial charge < -0.3 is 9.64 Å². The van der Waals surface area contributed by atoms with Crippen LogP contribution in [-0.4, -0.2) is 29.7 Å². The van der Waals surface area contributed by atoms with Gasteiger partial charge in [-0.1, -0.05) is 30.3 Å². The second-order valence-electron chi connectivity index (χ2n) is 4.38. The summed E-state index contributed by atoms with van der Waals surface area (Å²) in [6, 6.07) is 12.3. The number of aromatic nitrogens is 2. The van der Waals surface area contributed by atoms with Crippen molar-refractivity contribution in [2.24, 2.45) is 0 Å². The first-order chi connectivity index (χ1) is 9.34. The molecule has 0 radical (unpaired) electrons. The molecular weight excluding hydrogens is 262 g/mol. The Morgan fingerprint density at radius 1 is 1.21 bits per heavy atom. The fraction of sp³-hybridized carbons (Fsp3) is 0.286. The first-order valence-corrected chi connectivity index (χ1v) is 6.60. The van der Waals surface area contributed by atoms with Crippen LogP contribution in [0.15, 0.2) is 42.6 Å². The third-order valence-electron chi connectivity index (χ3n) is 3.22. The molecular formula is C14H14ClN3O. The summed E-state index contributed by atoms with van der Waals surface area (Å²) in [5, 5.41) is 0.274. The molecule has 1 fully saturated rings. The number of ether oxygens (including phenoxy) is 1. The lowest BCUT2D eigenvalue weighted by Crippen LogP contribution is -2.40. The lowest BCUT2D eigenvalue weighted by molar-refractivity contribution is 0.0937. The van der Waals surface area contributed by atoms with Crippen molar-refractivity contribution >= 4 is 17.4 Å². The van der Waals surface area contributed by atoms with Crippen molar-refractivity contribution in [3.8, 4) is 0 Å². The van der Waals surface area contributed by atoms with Gasteiger partial charge in [0.05, 0.1) is 19.3 Å². The second-order valence-corrected chi connectivity index (χ2v) is 4.72. The van der Waals surface area contributed by atoms with Crippen LogP contribution in [0.5, 0.6) is 0 Å². The number of halogens is 1. The van der Waals surface area contributed by atoms with Gasteiger partial charge in [0, 0.05) is 12.7 Å². The van der Waals surface area contributed by atoms with Gasteiger partial charge in [0.25, 0.3) is 0 Å². The third-order valence-corrected chi connectivity index (χ3v) is 3.40. The van der Waals surface area contributed by atoms with E-state index in [0.717, 1.165) is 12.4 Å². The van der Waals surface area contributed by atoms with Crippen LogP contribution in [0, 0.1) is 0 Å². The Kier molecular flexibility index (Phi) is 3.62. The number of hydrogen-bond acceptors (Lipinski definition) is 4. The smallest absolute Gasteiger partial charge is 0.224 e. The molecule has 2 heterocycles. The van der Waals surface area contributed by atoms with E-state index in [1.165, 1.54) is 5.56 Å². The molecule has 1 aromatic heterocycles. The van der Waals surface area contributed by atoms with E-state index >= 15 is 0 Å². The molecule has 0 unspecified atom stereocenters. The summed E-state index contributed by atoms with van der Waals surface area (Å²) in [5.41, 5.74) is 1.22. The number of hydrogen-bond donors (Lipinski definition) is 0. The summed E-state index contributed by atoms with van der Waals surface area (Å²) in [7, 11) is 0. The molecule has 1 atom stereocenters. The molecule has 4 nitrogen and oxygen atoms in total.